The zero-order valence-corrected chi connectivity index (χ0v) is 12.7. The quantitative estimate of drug-likeness (QED) is 0.884. The Balaban J connectivity index is 2.74. The van der Waals surface area contributed by atoms with Gasteiger partial charge in [-0.1, -0.05) is 0 Å². The molecule has 0 aliphatic carbocycles. The maximum atomic E-state index is 11.9. The van der Waals surface area contributed by atoms with E-state index in [2.05, 4.69) is 21.2 Å². The molecule has 6 heteroatoms. The summed E-state index contributed by atoms with van der Waals surface area (Å²) in [6.45, 7) is 4.07. The highest BCUT2D eigenvalue weighted by Crippen LogP contribution is 2.24. The lowest BCUT2D eigenvalue weighted by atomic mass is 10.2. The largest absolute Gasteiger partial charge is 0.507 e. The molecule has 0 spiro atoms. The molecule has 104 valence electrons. The Bertz CT molecular complexity index is 491. The van der Waals surface area contributed by atoms with Crippen LogP contribution in [-0.4, -0.2) is 41.5 Å². The number of aromatic hydroxyl groups is 1. The number of amides is 2. The molecule has 0 radical (unpaired) electrons. The second-order valence-electron chi connectivity index (χ2n) is 4.21. The third kappa shape index (κ3) is 3.96. The molecule has 0 heterocycles. The molecular formula is C13H17BrN2O3. The van der Waals surface area contributed by atoms with Crippen molar-refractivity contribution in [2.75, 3.05) is 13.6 Å². The van der Waals surface area contributed by atoms with Crippen molar-refractivity contribution in [2.24, 2.45) is 0 Å². The first-order chi connectivity index (χ1) is 8.86. The van der Waals surface area contributed by atoms with Gasteiger partial charge in [0.25, 0.3) is 5.91 Å². The second-order valence-corrected chi connectivity index (χ2v) is 5.07. The molecular weight excluding hydrogens is 312 g/mol. The van der Waals surface area contributed by atoms with Crippen molar-refractivity contribution in [3.8, 4) is 5.75 Å². The molecule has 2 N–H and O–H groups in total. The molecule has 2 amide bonds. The van der Waals surface area contributed by atoms with Gasteiger partial charge in [0, 0.05) is 19.2 Å². The molecule has 19 heavy (non-hydrogen) atoms. The minimum absolute atomic E-state index is 0.0164. The zero-order valence-electron chi connectivity index (χ0n) is 11.1. The average molecular weight is 329 g/mol. The Labute approximate surface area is 120 Å². The van der Waals surface area contributed by atoms with Gasteiger partial charge in [-0.3, -0.25) is 9.59 Å². The van der Waals surface area contributed by atoms with Crippen LogP contribution in [0.3, 0.4) is 0 Å². The molecule has 5 nitrogen and oxygen atoms in total. The fraction of sp³-hybridized carbons (Fsp3) is 0.385. The molecule has 0 aliphatic heterocycles. The summed E-state index contributed by atoms with van der Waals surface area (Å²) < 4.78 is 0.513. The van der Waals surface area contributed by atoms with Crippen LogP contribution in [0.25, 0.3) is 0 Å². The van der Waals surface area contributed by atoms with Crippen molar-refractivity contribution in [1.82, 2.24) is 10.2 Å². The lowest BCUT2D eigenvalue weighted by molar-refractivity contribution is -0.131. The second kappa shape index (κ2) is 6.56. The fourth-order valence-corrected chi connectivity index (χ4v) is 1.73. The number of hydrogen-bond acceptors (Lipinski definition) is 3. The summed E-state index contributed by atoms with van der Waals surface area (Å²) in [7, 11) is 1.68. The number of rotatable bonds is 4. The number of phenols is 1. The number of benzene rings is 1. The van der Waals surface area contributed by atoms with Crippen LogP contribution in [0, 0.1) is 0 Å². The van der Waals surface area contributed by atoms with E-state index < -0.39 is 11.9 Å². The van der Waals surface area contributed by atoms with Gasteiger partial charge in [0.2, 0.25) is 5.91 Å². The number of halogens is 1. The number of hydrogen-bond donors (Lipinski definition) is 2. The van der Waals surface area contributed by atoms with Gasteiger partial charge in [0.1, 0.15) is 11.8 Å². The summed E-state index contributed by atoms with van der Waals surface area (Å²) >= 11 is 3.14. The van der Waals surface area contributed by atoms with Crippen molar-refractivity contribution >= 4 is 27.7 Å². The topological polar surface area (TPSA) is 69.6 Å². The summed E-state index contributed by atoms with van der Waals surface area (Å²) in [5.74, 6) is -0.567. The van der Waals surface area contributed by atoms with Crippen LogP contribution in [0.1, 0.15) is 24.2 Å². The first-order valence-corrected chi connectivity index (χ1v) is 6.70. The Morgan fingerprint density at radius 2 is 2.11 bits per heavy atom. The Morgan fingerprint density at radius 1 is 1.47 bits per heavy atom. The molecule has 0 bridgehead atoms. The highest BCUT2D eigenvalue weighted by Gasteiger charge is 2.19. The first kappa shape index (κ1) is 15.5. The monoisotopic (exact) mass is 328 g/mol. The lowest BCUT2D eigenvalue weighted by Crippen LogP contribution is -2.45. The number of nitrogens with one attached hydrogen (secondary N) is 1. The minimum atomic E-state index is -0.608. The van der Waals surface area contributed by atoms with Gasteiger partial charge in [-0.25, -0.2) is 0 Å². The third-order valence-corrected chi connectivity index (χ3v) is 3.45. The van der Waals surface area contributed by atoms with E-state index in [9.17, 15) is 14.7 Å². The molecule has 1 unspecified atom stereocenters. The predicted octanol–water partition coefficient (Wildman–Crippen LogP) is 1.75. The standard InChI is InChI=1S/C13H17BrN2O3/c1-4-16(3)13(19)8(2)15-12(18)9-5-6-10(14)11(17)7-9/h5-8,17H,4H2,1-3H3,(H,15,18). The molecule has 0 saturated heterocycles. The van der Waals surface area contributed by atoms with E-state index in [4.69, 9.17) is 0 Å². The molecule has 1 aromatic carbocycles. The van der Waals surface area contributed by atoms with Crippen LogP contribution in [0.15, 0.2) is 22.7 Å². The number of carbonyl (C=O) groups is 2. The van der Waals surface area contributed by atoms with Crippen LogP contribution in [0.2, 0.25) is 0 Å². The maximum Gasteiger partial charge on any atom is 0.252 e. The van der Waals surface area contributed by atoms with Gasteiger partial charge in [-0.2, -0.15) is 0 Å². The molecule has 1 atom stereocenters. The maximum absolute atomic E-state index is 11.9. The highest BCUT2D eigenvalue weighted by molar-refractivity contribution is 9.10. The van der Waals surface area contributed by atoms with E-state index in [1.165, 1.54) is 11.0 Å². The smallest absolute Gasteiger partial charge is 0.252 e. The van der Waals surface area contributed by atoms with Crippen LogP contribution < -0.4 is 5.32 Å². The summed E-state index contributed by atoms with van der Waals surface area (Å²) in [4.78, 5) is 25.3. The van der Waals surface area contributed by atoms with Crippen molar-refractivity contribution in [1.29, 1.82) is 0 Å². The van der Waals surface area contributed by atoms with Crippen LogP contribution in [0.5, 0.6) is 5.75 Å². The Morgan fingerprint density at radius 3 is 2.63 bits per heavy atom. The lowest BCUT2D eigenvalue weighted by Gasteiger charge is -2.20. The number of likely N-dealkylation sites (N-methyl/N-ethyl adjacent to an activating group) is 1. The zero-order chi connectivity index (χ0) is 14.6. The van der Waals surface area contributed by atoms with E-state index in [0.717, 1.165) is 0 Å². The summed E-state index contributed by atoms with van der Waals surface area (Å²) in [5.41, 5.74) is 0.305. The molecule has 0 fully saturated rings. The SMILES string of the molecule is CCN(C)C(=O)C(C)NC(=O)c1ccc(Br)c(O)c1. The summed E-state index contributed by atoms with van der Waals surface area (Å²) in [6, 6.07) is 3.89. The first-order valence-electron chi connectivity index (χ1n) is 5.91. The summed E-state index contributed by atoms with van der Waals surface area (Å²) in [5, 5.41) is 12.1. The van der Waals surface area contributed by atoms with Gasteiger partial charge in [0.15, 0.2) is 0 Å². The fourth-order valence-electron chi connectivity index (χ4n) is 1.48. The minimum Gasteiger partial charge on any atom is -0.507 e. The molecule has 0 saturated carbocycles. The van der Waals surface area contributed by atoms with Crippen LogP contribution in [-0.2, 0) is 4.79 Å². The highest BCUT2D eigenvalue weighted by atomic mass is 79.9. The van der Waals surface area contributed by atoms with E-state index >= 15 is 0 Å². The van der Waals surface area contributed by atoms with Crippen molar-refractivity contribution in [3.05, 3.63) is 28.2 Å². The third-order valence-electron chi connectivity index (χ3n) is 2.78. The van der Waals surface area contributed by atoms with Crippen LogP contribution >= 0.6 is 15.9 Å². The van der Waals surface area contributed by atoms with E-state index in [1.807, 2.05) is 6.92 Å². The molecule has 1 rings (SSSR count). The van der Waals surface area contributed by atoms with Gasteiger partial charge < -0.3 is 15.3 Å². The Hall–Kier alpha value is -1.56. The normalized spacial score (nSPS) is 11.8. The van der Waals surface area contributed by atoms with Gasteiger partial charge in [-0.15, -0.1) is 0 Å². The predicted molar refractivity (Wildman–Crippen MR) is 76.0 cm³/mol. The van der Waals surface area contributed by atoms with Gasteiger partial charge >= 0.3 is 0 Å². The van der Waals surface area contributed by atoms with E-state index in [-0.39, 0.29) is 11.7 Å². The number of carbonyl (C=O) groups excluding carboxylic acids is 2. The van der Waals surface area contributed by atoms with E-state index in [0.29, 0.717) is 16.6 Å². The van der Waals surface area contributed by atoms with Gasteiger partial charge in [-0.05, 0) is 48.0 Å². The van der Waals surface area contributed by atoms with Crippen molar-refractivity contribution < 1.29 is 14.7 Å². The number of phenolic OH excluding ortho intramolecular Hbond substituents is 1. The van der Waals surface area contributed by atoms with E-state index in [1.54, 1.807) is 26.1 Å². The number of nitrogens with zero attached hydrogens (tertiary/aromatic N) is 1. The van der Waals surface area contributed by atoms with Crippen LogP contribution in [0.4, 0.5) is 0 Å². The molecule has 0 aromatic heterocycles. The van der Waals surface area contributed by atoms with Crippen molar-refractivity contribution in [2.45, 2.75) is 19.9 Å². The molecule has 1 aromatic rings. The summed E-state index contributed by atoms with van der Waals surface area (Å²) in [6.07, 6.45) is 0. The Kier molecular flexibility index (Phi) is 5.35. The van der Waals surface area contributed by atoms with Gasteiger partial charge in [0.05, 0.1) is 4.47 Å². The van der Waals surface area contributed by atoms with Crippen molar-refractivity contribution in [3.63, 3.8) is 0 Å². The average Bonchev–Trinajstić information content (AvgIpc) is 2.39. The molecule has 0 aliphatic rings.